The molecule has 0 atom stereocenters. The summed E-state index contributed by atoms with van der Waals surface area (Å²) in [5.74, 6) is 0.845. The van der Waals surface area contributed by atoms with E-state index >= 15 is 0 Å². The minimum Gasteiger partial charge on any atom is -0.496 e. The van der Waals surface area contributed by atoms with E-state index < -0.39 is 0 Å². The van der Waals surface area contributed by atoms with Gasteiger partial charge < -0.3 is 10.1 Å². The minimum atomic E-state index is 0.762. The smallest absolute Gasteiger partial charge is 0.133 e. The van der Waals surface area contributed by atoms with E-state index in [0.29, 0.717) is 0 Å². The Morgan fingerprint density at radius 2 is 2.28 bits per heavy atom. The molecule has 18 heavy (non-hydrogen) atoms. The molecular weight excluding hydrogens is 294 g/mol. The predicted octanol–water partition coefficient (Wildman–Crippen LogP) is 3.29. The summed E-state index contributed by atoms with van der Waals surface area (Å²) < 4.78 is 8.06. The van der Waals surface area contributed by atoms with Crippen LogP contribution in [0.2, 0.25) is 0 Å². The van der Waals surface area contributed by atoms with Gasteiger partial charge in [-0.15, -0.1) is 0 Å². The van der Waals surface area contributed by atoms with Crippen molar-refractivity contribution in [2.75, 3.05) is 12.4 Å². The SMILES string of the molecule is CCn1cc(NCc2ccc(OC)c(Br)c2)cn1. The van der Waals surface area contributed by atoms with Gasteiger partial charge in [-0.25, -0.2) is 0 Å². The Kier molecular flexibility index (Phi) is 4.25. The van der Waals surface area contributed by atoms with Crippen LogP contribution in [0.5, 0.6) is 5.75 Å². The molecule has 0 spiro atoms. The molecule has 2 aromatic rings. The number of aryl methyl sites for hydroxylation is 1. The molecule has 0 saturated heterocycles. The number of methoxy groups -OCH3 is 1. The van der Waals surface area contributed by atoms with Gasteiger partial charge in [-0.2, -0.15) is 5.10 Å². The quantitative estimate of drug-likeness (QED) is 0.921. The molecule has 1 heterocycles. The maximum atomic E-state index is 5.20. The highest BCUT2D eigenvalue weighted by atomic mass is 79.9. The van der Waals surface area contributed by atoms with Gasteiger partial charge in [0.05, 0.1) is 23.5 Å². The third-order valence-corrected chi connectivity index (χ3v) is 3.29. The largest absolute Gasteiger partial charge is 0.496 e. The second-order valence-corrected chi connectivity index (χ2v) is 4.76. The van der Waals surface area contributed by atoms with Gasteiger partial charge in [0.15, 0.2) is 0 Å². The van der Waals surface area contributed by atoms with Crippen LogP contribution in [0.3, 0.4) is 0 Å². The lowest BCUT2D eigenvalue weighted by Gasteiger charge is -2.07. The summed E-state index contributed by atoms with van der Waals surface area (Å²) in [4.78, 5) is 0. The van der Waals surface area contributed by atoms with Gasteiger partial charge in [-0.3, -0.25) is 4.68 Å². The molecule has 1 N–H and O–H groups in total. The molecule has 1 aromatic carbocycles. The van der Waals surface area contributed by atoms with E-state index in [9.17, 15) is 0 Å². The first-order valence-electron chi connectivity index (χ1n) is 5.81. The summed E-state index contributed by atoms with van der Waals surface area (Å²) in [5.41, 5.74) is 2.22. The van der Waals surface area contributed by atoms with Crippen LogP contribution >= 0.6 is 15.9 Å². The molecule has 2 rings (SSSR count). The Morgan fingerprint density at radius 1 is 1.44 bits per heavy atom. The maximum absolute atomic E-state index is 5.20. The van der Waals surface area contributed by atoms with Crippen LogP contribution < -0.4 is 10.1 Å². The summed E-state index contributed by atoms with van der Waals surface area (Å²) in [5, 5.41) is 7.55. The fourth-order valence-electron chi connectivity index (χ4n) is 1.65. The second-order valence-electron chi connectivity index (χ2n) is 3.91. The molecule has 0 fully saturated rings. The number of hydrogen-bond donors (Lipinski definition) is 1. The monoisotopic (exact) mass is 309 g/mol. The summed E-state index contributed by atoms with van der Waals surface area (Å²) in [7, 11) is 1.66. The Bertz CT molecular complexity index is 525. The van der Waals surface area contributed by atoms with Crippen LogP contribution in [-0.4, -0.2) is 16.9 Å². The van der Waals surface area contributed by atoms with E-state index in [4.69, 9.17) is 4.74 Å². The molecule has 1 aromatic heterocycles. The number of rotatable bonds is 5. The highest BCUT2D eigenvalue weighted by Gasteiger charge is 2.02. The topological polar surface area (TPSA) is 39.1 Å². The molecule has 0 unspecified atom stereocenters. The van der Waals surface area contributed by atoms with E-state index in [1.165, 1.54) is 5.56 Å². The van der Waals surface area contributed by atoms with Gasteiger partial charge in [-0.1, -0.05) is 6.07 Å². The van der Waals surface area contributed by atoms with E-state index in [0.717, 1.165) is 29.0 Å². The van der Waals surface area contributed by atoms with Gasteiger partial charge in [0.25, 0.3) is 0 Å². The summed E-state index contributed by atoms with van der Waals surface area (Å²) in [6.45, 7) is 3.71. The van der Waals surface area contributed by atoms with Crippen molar-refractivity contribution in [3.05, 3.63) is 40.6 Å². The number of ether oxygens (including phenoxy) is 1. The normalized spacial score (nSPS) is 10.4. The third kappa shape index (κ3) is 3.04. The number of halogens is 1. The Hall–Kier alpha value is -1.49. The zero-order chi connectivity index (χ0) is 13.0. The third-order valence-electron chi connectivity index (χ3n) is 2.67. The molecule has 5 heteroatoms. The molecular formula is C13H16BrN3O. The molecule has 96 valence electrons. The van der Waals surface area contributed by atoms with Gasteiger partial charge in [0, 0.05) is 19.3 Å². The Balaban J connectivity index is 1.99. The maximum Gasteiger partial charge on any atom is 0.133 e. The summed E-state index contributed by atoms with van der Waals surface area (Å²) in [6.07, 6.45) is 3.83. The zero-order valence-electron chi connectivity index (χ0n) is 10.5. The first kappa shape index (κ1) is 13.0. The first-order chi connectivity index (χ1) is 8.72. The second kappa shape index (κ2) is 5.91. The lowest BCUT2D eigenvalue weighted by molar-refractivity contribution is 0.412. The van der Waals surface area contributed by atoms with Crippen molar-refractivity contribution in [3.63, 3.8) is 0 Å². The highest BCUT2D eigenvalue weighted by Crippen LogP contribution is 2.25. The number of aromatic nitrogens is 2. The molecule has 0 bridgehead atoms. The van der Waals surface area contributed by atoms with Crippen molar-refractivity contribution >= 4 is 21.6 Å². The van der Waals surface area contributed by atoms with Gasteiger partial charge in [-0.05, 0) is 40.5 Å². The van der Waals surface area contributed by atoms with E-state index in [1.807, 2.05) is 29.2 Å². The van der Waals surface area contributed by atoms with Crippen LogP contribution in [0.15, 0.2) is 35.1 Å². The standard InChI is InChI=1S/C13H16BrN3O/c1-3-17-9-11(8-16-17)15-7-10-4-5-13(18-2)12(14)6-10/h4-6,8-9,15H,3,7H2,1-2H3. The fourth-order valence-corrected chi connectivity index (χ4v) is 2.24. The predicted molar refractivity (Wildman–Crippen MR) is 75.9 cm³/mol. The van der Waals surface area contributed by atoms with Crippen molar-refractivity contribution in [1.29, 1.82) is 0 Å². The first-order valence-corrected chi connectivity index (χ1v) is 6.61. The van der Waals surface area contributed by atoms with Crippen LogP contribution in [0.25, 0.3) is 0 Å². The highest BCUT2D eigenvalue weighted by molar-refractivity contribution is 9.10. The number of anilines is 1. The molecule has 4 nitrogen and oxygen atoms in total. The van der Waals surface area contributed by atoms with Gasteiger partial charge in [0.1, 0.15) is 5.75 Å². The van der Waals surface area contributed by atoms with Crippen molar-refractivity contribution in [3.8, 4) is 5.75 Å². The molecule has 0 aliphatic heterocycles. The molecule has 0 amide bonds. The Labute approximate surface area is 115 Å². The van der Waals surface area contributed by atoms with Crippen molar-refractivity contribution in [1.82, 2.24) is 9.78 Å². The summed E-state index contributed by atoms with van der Waals surface area (Å²) >= 11 is 3.48. The van der Waals surface area contributed by atoms with Crippen LogP contribution in [-0.2, 0) is 13.1 Å². The number of benzene rings is 1. The average Bonchev–Trinajstić information content (AvgIpc) is 2.84. The van der Waals surface area contributed by atoms with E-state index in [2.05, 4.69) is 39.3 Å². The van der Waals surface area contributed by atoms with Crippen LogP contribution in [0.4, 0.5) is 5.69 Å². The van der Waals surface area contributed by atoms with Crippen molar-refractivity contribution in [2.45, 2.75) is 20.0 Å². The van der Waals surface area contributed by atoms with Gasteiger partial charge in [0.2, 0.25) is 0 Å². The lowest BCUT2D eigenvalue weighted by atomic mass is 10.2. The molecule has 0 saturated carbocycles. The zero-order valence-corrected chi connectivity index (χ0v) is 12.1. The van der Waals surface area contributed by atoms with Crippen molar-refractivity contribution < 1.29 is 4.74 Å². The molecule has 0 aliphatic rings. The summed E-state index contributed by atoms with van der Waals surface area (Å²) in [6, 6.07) is 6.05. The number of nitrogens with one attached hydrogen (secondary N) is 1. The fraction of sp³-hybridized carbons (Fsp3) is 0.308. The van der Waals surface area contributed by atoms with E-state index in [-0.39, 0.29) is 0 Å². The van der Waals surface area contributed by atoms with Crippen LogP contribution in [0, 0.1) is 0 Å². The van der Waals surface area contributed by atoms with Crippen LogP contribution in [0.1, 0.15) is 12.5 Å². The molecule has 0 aliphatic carbocycles. The molecule has 0 radical (unpaired) electrons. The van der Waals surface area contributed by atoms with Gasteiger partial charge >= 0.3 is 0 Å². The number of nitrogens with zero attached hydrogens (tertiary/aromatic N) is 2. The van der Waals surface area contributed by atoms with Crippen molar-refractivity contribution in [2.24, 2.45) is 0 Å². The average molecular weight is 310 g/mol. The lowest BCUT2D eigenvalue weighted by Crippen LogP contribution is -1.99. The minimum absolute atomic E-state index is 0.762. The number of hydrogen-bond acceptors (Lipinski definition) is 3. The Morgan fingerprint density at radius 3 is 2.89 bits per heavy atom. The van der Waals surface area contributed by atoms with E-state index in [1.54, 1.807) is 7.11 Å².